The van der Waals surface area contributed by atoms with Gasteiger partial charge in [-0.1, -0.05) is 19.9 Å². The van der Waals surface area contributed by atoms with Gasteiger partial charge in [0.25, 0.3) is 0 Å². The van der Waals surface area contributed by atoms with E-state index in [0.29, 0.717) is 18.8 Å². The summed E-state index contributed by atoms with van der Waals surface area (Å²) in [7, 11) is 0. The van der Waals surface area contributed by atoms with Crippen LogP contribution in [-0.2, 0) is 4.79 Å². The van der Waals surface area contributed by atoms with Crippen molar-refractivity contribution >= 4 is 17.2 Å². The topological polar surface area (TPSA) is 49.3 Å². The Kier molecular flexibility index (Phi) is 6.22. The van der Waals surface area contributed by atoms with Crippen molar-refractivity contribution in [1.82, 2.24) is 5.32 Å². The van der Waals surface area contributed by atoms with Crippen LogP contribution >= 0.6 is 11.3 Å². The standard InChI is InChI=1S/C13H21NO2S/c1-10(2)13(11-6-5-9-17-11)14-12(16)7-3-4-8-15/h5-6,9-10,13,15H,3-4,7-8H2,1-2H3,(H,14,16). The number of unbranched alkanes of at least 4 members (excludes halogenated alkanes) is 1. The Balaban J connectivity index is 2.48. The fourth-order valence-corrected chi connectivity index (χ4v) is 2.63. The fraction of sp³-hybridized carbons (Fsp3) is 0.615. The molecule has 0 radical (unpaired) electrons. The molecule has 3 nitrogen and oxygen atoms in total. The van der Waals surface area contributed by atoms with Crippen molar-refractivity contribution in [3.63, 3.8) is 0 Å². The number of aliphatic hydroxyl groups is 1. The Hall–Kier alpha value is -0.870. The molecular weight excluding hydrogens is 234 g/mol. The summed E-state index contributed by atoms with van der Waals surface area (Å²) in [5, 5.41) is 13.8. The lowest BCUT2D eigenvalue weighted by atomic mass is 10.0. The maximum Gasteiger partial charge on any atom is 0.220 e. The molecule has 1 heterocycles. The predicted octanol–water partition coefficient (Wildman–Crippen LogP) is 2.72. The molecule has 1 rings (SSSR count). The summed E-state index contributed by atoms with van der Waals surface area (Å²) in [6.45, 7) is 4.38. The van der Waals surface area contributed by atoms with Gasteiger partial charge >= 0.3 is 0 Å². The Morgan fingerprint density at radius 3 is 2.76 bits per heavy atom. The zero-order chi connectivity index (χ0) is 12.7. The number of aliphatic hydroxyl groups excluding tert-OH is 1. The summed E-state index contributed by atoms with van der Waals surface area (Å²) >= 11 is 1.67. The lowest BCUT2D eigenvalue weighted by Crippen LogP contribution is -2.31. The van der Waals surface area contributed by atoms with Crippen molar-refractivity contribution < 1.29 is 9.90 Å². The first-order valence-corrected chi connectivity index (χ1v) is 6.96. The number of nitrogens with one attached hydrogen (secondary N) is 1. The molecular formula is C13H21NO2S. The van der Waals surface area contributed by atoms with E-state index >= 15 is 0 Å². The monoisotopic (exact) mass is 255 g/mol. The van der Waals surface area contributed by atoms with Gasteiger partial charge in [-0.25, -0.2) is 0 Å². The smallest absolute Gasteiger partial charge is 0.220 e. The minimum atomic E-state index is 0.0746. The summed E-state index contributed by atoms with van der Waals surface area (Å²) in [6.07, 6.45) is 1.94. The van der Waals surface area contributed by atoms with Crippen LogP contribution in [0, 0.1) is 5.92 Å². The fourth-order valence-electron chi connectivity index (χ4n) is 1.68. The van der Waals surface area contributed by atoms with E-state index in [4.69, 9.17) is 5.11 Å². The van der Waals surface area contributed by atoms with E-state index in [0.717, 1.165) is 6.42 Å². The van der Waals surface area contributed by atoms with E-state index < -0.39 is 0 Å². The highest BCUT2D eigenvalue weighted by Gasteiger charge is 2.18. The van der Waals surface area contributed by atoms with Crippen LogP contribution in [0.15, 0.2) is 17.5 Å². The molecule has 17 heavy (non-hydrogen) atoms. The van der Waals surface area contributed by atoms with Gasteiger partial charge in [0.15, 0.2) is 0 Å². The van der Waals surface area contributed by atoms with Gasteiger partial charge in [-0.15, -0.1) is 11.3 Å². The van der Waals surface area contributed by atoms with Crippen LogP contribution in [0.3, 0.4) is 0 Å². The number of rotatable bonds is 7. The average molecular weight is 255 g/mol. The summed E-state index contributed by atoms with van der Waals surface area (Å²) in [5.74, 6) is 0.459. The van der Waals surface area contributed by atoms with Gasteiger partial charge in [0.1, 0.15) is 0 Å². The third-order valence-corrected chi connectivity index (χ3v) is 3.60. The molecule has 1 atom stereocenters. The number of hydrogen-bond donors (Lipinski definition) is 2. The highest BCUT2D eigenvalue weighted by molar-refractivity contribution is 7.10. The zero-order valence-corrected chi connectivity index (χ0v) is 11.3. The predicted molar refractivity (Wildman–Crippen MR) is 71.0 cm³/mol. The van der Waals surface area contributed by atoms with Crippen molar-refractivity contribution in [3.05, 3.63) is 22.4 Å². The minimum Gasteiger partial charge on any atom is -0.396 e. The lowest BCUT2D eigenvalue weighted by molar-refractivity contribution is -0.122. The molecule has 0 saturated carbocycles. The Morgan fingerprint density at radius 1 is 1.47 bits per heavy atom. The largest absolute Gasteiger partial charge is 0.396 e. The van der Waals surface area contributed by atoms with Crippen LogP contribution in [0.5, 0.6) is 0 Å². The van der Waals surface area contributed by atoms with Crippen LogP contribution in [0.25, 0.3) is 0 Å². The summed E-state index contributed by atoms with van der Waals surface area (Å²) in [5.41, 5.74) is 0. The van der Waals surface area contributed by atoms with Crippen LogP contribution < -0.4 is 5.32 Å². The quantitative estimate of drug-likeness (QED) is 0.736. The van der Waals surface area contributed by atoms with Gasteiger partial charge < -0.3 is 10.4 Å². The Morgan fingerprint density at radius 2 is 2.24 bits per heavy atom. The molecule has 1 unspecified atom stereocenters. The molecule has 0 spiro atoms. The average Bonchev–Trinajstić information content (AvgIpc) is 2.79. The van der Waals surface area contributed by atoms with Crippen molar-refractivity contribution in [2.45, 2.75) is 39.2 Å². The Bertz CT molecular complexity index is 322. The molecule has 2 N–H and O–H groups in total. The van der Waals surface area contributed by atoms with E-state index in [1.165, 1.54) is 4.88 Å². The number of carbonyl (C=O) groups excluding carboxylic acids is 1. The first kappa shape index (κ1) is 14.2. The molecule has 0 bridgehead atoms. The second-order valence-corrected chi connectivity index (χ2v) is 5.46. The highest BCUT2D eigenvalue weighted by atomic mass is 32.1. The van der Waals surface area contributed by atoms with E-state index in [1.54, 1.807) is 11.3 Å². The van der Waals surface area contributed by atoms with Gasteiger partial charge in [0, 0.05) is 17.9 Å². The maximum absolute atomic E-state index is 11.7. The van der Waals surface area contributed by atoms with Crippen LogP contribution in [0.2, 0.25) is 0 Å². The highest BCUT2D eigenvalue weighted by Crippen LogP contribution is 2.25. The van der Waals surface area contributed by atoms with E-state index in [1.807, 2.05) is 11.4 Å². The lowest BCUT2D eigenvalue weighted by Gasteiger charge is -2.21. The van der Waals surface area contributed by atoms with Crippen molar-refractivity contribution in [2.24, 2.45) is 5.92 Å². The number of amides is 1. The third-order valence-electron chi connectivity index (χ3n) is 2.64. The van der Waals surface area contributed by atoms with E-state index in [2.05, 4.69) is 25.2 Å². The van der Waals surface area contributed by atoms with Crippen LogP contribution in [-0.4, -0.2) is 17.6 Å². The molecule has 0 saturated heterocycles. The summed E-state index contributed by atoms with van der Waals surface area (Å²) in [4.78, 5) is 12.9. The second kappa shape index (κ2) is 7.45. The van der Waals surface area contributed by atoms with Gasteiger partial charge in [-0.05, 0) is 30.2 Å². The molecule has 0 aromatic carbocycles. The molecule has 0 aliphatic rings. The first-order valence-electron chi connectivity index (χ1n) is 6.08. The SMILES string of the molecule is CC(C)C(NC(=O)CCCCO)c1cccs1. The zero-order valence-electron chi connectivity index (χ0n) is 10.5. The minimum absolute atomic E-state index is 0.0746. The van der Waals surface area contributed by atoms with Crippen LogP contribution in [0.4, 0.5) is 0 Å². The third kappa shape index (κ3) is 4.88. The number of hydrogen-bond acceptors (Lipinski definition) is 3. The van der Waals surface area contributed by atoms with Gasteiger partial charge in [-0.3, -0.25) is 4.79 Å². The molecule has 96 valence electrons. The van der Waals surface area contributed by atoms with Crippen molar-refractivity contribution in [2.75, 3.05) is 6.61 Å². The van der Waals surface area contributed by atoms with E-state index in [9.17, 15) is 4.79 Å². The number of carbonyl (C=O) groups is 1. The van der Waals surface area contributed by atoms with Gasteiger partial charge in [-0.2, -0.15) is 0 Å². The molecule has 1 aromatic rings. The number of thiophene rings is 1. The second-order valence-electron chi connectivity index (χ2n) is 4.49. The Labute approximate surface area is 107 Å². The van der Waals surface area contributed by atoms with Crippen molar-refractivity contribution in [1.29, 1.82) is 0 Å². The maximum atomic E-state index is 11.7. The van der Waals surface area contributed by atoms with Crippen molar-refractivity contribution in [3.8, 4) is 0 Å². The molecule has 0 aliphatic heterocycles. The molecule has 4 heteroatoms. The normalized spacial score (nSPS) is 12.7. The molecule has 0 fully saturated rings. The molecule has 0 aliphatic carbocycles. The van der Waals surface area contributed by atoms with Crippen LogP contribution in [0.1, 0.15) is 44.0 Å². The molecule has 1 aromatic heterocycles. The first-order chi connectivity index (χ1) is 8.15. The van der Waals surface area contributed by atoms with Gasteiger partial charge in [0.05, 0.1) is 6.04 Å². The van der Waals surface area contributed by atoms with E-state index in [-0.39, 0.29) is 18.6 Å². The summed E-state index contributed by atoms with van der Waals surface area (Å²) in [6, 6.07) is 4.17. The summed E-state index contributed by atoms with van der Waals surface area (Å²) < 4.78 is 0. The molecule has 1 amide bonds. The van der Waals surface area contributed by atoms with Gasteiger partial charge in [0.2, 0.25) is 5.91 Å².